The molecule has 1 aromatic carbocycles. The van der Waals surface area contributed by atoms with Gasteiger partial charge < -0.3 is 4.57 Å². The summed E-state index contributed by atoms with van der Waals surface area (Å²) in [5, 5.41) is 13.1. The molecule has 0 fully saturated rings. The van der Waals surface area contributed by atoms with Gasteiger partial charge in [0.1, 0.15) is 6.33 Å². The van der Waals surface area contributed by atoms with Crippen LogP contribution in [-0.2, 0) is 12.8 Å². The van der Waals surface area contributed by atoms with Gasteiger partial charge in [0.05, 0.1) is 5.71 Å². The van der Waals surface area contributed by atoms with Crippen molar-refractivity contribution < 1.29 is 4.79 Å². The van der Waals surface area contributed by atoms with Crippen molar-refractivity contribution in [3.8, 4) is 0 Å². The fraction of sp³-hybridized carbons (Fsp3) is 0.400. The number of thioether (sulfide) groups is 1. The molecule has 1 aliphatic carbocycles. The van der Waals surface area contributed by atoms with Crippen LogP contribution in [0.4, 0.5) is 0 Å². The largest absolute Gasteiger partial charge is 0.312 e. The van der Waals surface area contributed by atoms with Crippen LogP contribution in [0.25, 0.3) is 0 Å². The number of benzene rings is 1. The van der Waals surface area contributed by atoms with E-state index in [1.807, 2.05) is 35.9 Å². The fourth-order valence-corrected chi connectivity index (χ4v) is 4.10. The first-order valence-electron chi connectivity index (χ1n) is 8.92. The highest BCUT2D eigenvalue weighted by molar-refractivity contribution is 7.98. The minimum atomic E-state index is -0.190. The van der Waals surface area contributed by atoms with Crippen LogP contribution in [0.5, 0.6) is 0 Å². The Bertz CT molecular complexity index is 880. The van der Waals surface area contributed by atoms with E-state index in [2.05, 4.69) is 47.6 Å². The molecule has 27 heavy (non-hydrogen) atoms. The highest BCUT2D eigenvalue weighted by Crippen LogP contribution is 2.33. The topological polar surface area (TPSA) is 72.2 Å². The molecule has 0 atom stereocenters. The molecule has 7 heteroatoms. The molecule has 0 radical (unpaired) electrons. The number of hydrazone groups is 1. The predicted molar refractivity (Wildman–Crippen MR) is 109 cm³/mol. The number of carbonyl (C=O) groups is 1. The van der Waals surface area contributed by atoms with Crippen LogP contribution in [0, 0.1) is 5.41 Å². The van der Waals surface area contributed by atoms with Gasteiger partial charge in [-0.25, -0.2) is 5.43 Å². The number of nitrogens with one attached hydrogen (secondary N) is 1. The van der Waals surface area contributed by atoms with E-state index in [1.165, 1.54) is 5.57 Å². The molecule has 1 amide bonds. The molecule has 0 saturated carbocycles. The van der Waals surface area contributed by atoms with E-state index < -0.39 is 0 Å². The number of aryl methyl sites for hydroxylation is 1. The third kappa shape index (κ3) is 5.29. The van der Waals surface area contributed by atoms with E-state index in [9.17, 15) is 4.79 Å². The lowest BCUT2D eigenvalue weighted by Crippen LogP contribution is -2.25. The van der Waals surface area contributed by atoms with Crippen LogP contribution in [0.1, 0.15) is 49.5 Å². The number of hydrogen-bond donors (Lipinski definition) is 1. The van der Waals surface area contributed by atoms with Crippen LogP contribution in [0.15, 0.2) is 52.5 Å². The number of allylic oxidation sites excluding steroid dienone is 2. The van der Waals surface area contributed by atoms with Crippen molar-refractivity contribution >= 4 is 23.4 Å². The average Bonchev–Trinajstić information content (AvgIpc) is 3.01. The third-order valence-corrected chi connectivity index (χ3v) is 5.49. The van der Waals surface area contributed by atoms with Crippen LogP contribution in [0.2, 0.25) is 0 Å². The van der Waals surface area contributed by atoms with Crippen molar-refractivity contribution in [2.75, 3.05) is 0 Å². The summed E-state index contributed by atoms with van der Waals surface area (Å²) in [6, 6.07) is 7.57. The van der Waals surface area contributed by atoms with Crippen LogP contribution in [-0.4, -0.2) is 26.4 Å². The summed E-state index contributed by atoms with van der Waals surface area (Å²) in [6.45, 7) is 6.55. The number of carbonyl (C=O) groups excluding carboxylic acids is 1. The average molecular weight is 384 g/mol. The highest BCUT2D eigenvalue weighted by Gasteiger charge is 2.24. The number of hydrogen-bond acceptors (Lipinski definition) is 5. The van der Waals surface area contributed by atoms with E-state index in [-0.39, 0.29) is 11.3 Å². The van der Waals surface area contributed by atoms with Gasteiger partial charge in [0.25, 0.3) is 5.91 Å². The summed E-state index contributed by atoms with van der Waals surface area (Å²) in [7, 11) is 1.92. The van der Waals surface area contributed by atoms with Crippen molar-refractivity contribution in [3.05, 3.63) is 53.4 Å². The maximum atomic E-state index is 12.4. The highest BCUT2D eigenvalue weighted by atomic mass is 32.2. The maximum Gasteiger partial charge on any atom is 0.271 e. The Morgan fingerprint density at radius 2 is 2.04 bits per heavy atom. The second-order valence-corrected chi connectivity index (χ2v) is 8.71. The van der Waals surface area contributed by atoms with E-state index in [0.717, 1.165) is 35.0 Å². The summed E-state index contributed by atoms with van der Waals surface area (Å²) in [5.41, 5.74) is 6.81. The normalized spacial score (nSPS) is 17.6. The number of nitrogens with zero attached hydrogens (tertiary/aromatic N) is 4. The summed E-state index contributed by atoms with van der Waals surface area (Å²) in [5.74, 6) is 0.583. The molecule has 0 spiro atoms. The standard InChI is InChI=1S/C20H25N5OS/c1-14-9-17(11-20(2,3)10-14)22-23-18(26)16-7-5-15(6-8-16)12-27-19-24-21-13-25(19)4/h5-9,13H,10-12H2,1-4H3,(H,23,26). The number of aromatic nitrogens is 3. The second kappa shape index (κ2) is 8.08. The molecule has 0 saturated heterocycles. The molecule has 0 bridgehead atoms. The van der Waals surface area contributed by atoms with Crippen LogP contribution in [0.3, 0.4) is 0 Å². The minimum Gasteiger partial charge on any atom is -0.312 e. The van der Waals surface area contributed by atoms with Gasteiger partial charge in [-0.1, -0.05) is 43.3 Å². The van der Waals surface area contributed by atoms with E-state index >= 15 is 0 Å². The summed E-state index contributed by atoms with van der Waals surface area (Å²) >= 11 is 1.61. The first-order chi connectivity index (χ1) is 12.8. The molecule has 0 unspecified atom stereocenters. The van der Waals surface area contributed by atoms with Crippen molar-refractivity contribution in [1.29, 1.82) is 0 Å². The Morgan fingerprint density at radius 3 is 2.67 bits per heavy atom. The molecule has 2 aromatic rings. The lowest BCUT2D eigenvalue weighted by molar-refractivity contribution is 0.0954. The molecule has 1 heterocycles. The Hall–Kier alpha value is -2.41. The Morgan fingerprint density at radius 1 is 1.30 bits per heavy atom. The molecule has 1 aliphatic rings. The zero-order valence-electron chi connectivity index (χ0n) is 16.2. The molecule has 6 nitrogen and oxygen atoms in total. The lowest BCUT2D eigenvalue weighted by Gasteiger charge is -2.29. The van der Waals surface area contributed by atoms with Gasteiger partial charge in [-0.05, 0) is 49.0 Å². The molecule has 3 rings (SSSR count). The van der Waals surface area contributed by atoms with Gasteiger partial charge in [-0.15, -0.1) is 10.2 Å². The monoisotopic (exact) mass is 383 g/mol. The molecule has 1 N–H and O–H groups in total. The van der Waals surface area contributed by atoms with E-state index in [0.29, 0.717) is 5.56 Å². The van der Waals surface area contributed by atoms with Crippen LogP contribution < -0.4 is 5.43 Å². The Kier molecular flexibility index (Phi) is 5.79. The molecular weight excluding hydrogens is 358 g/mol. The minimum absolute atomic E-state index is 0.185. The zero-order chi connectivity index (χ0) is 19.4. The van der Waals surface area contributed by atoms with E-state index in [1.54, 1.807) is 18.1 Å². The lowest BCUT2D eigenvalue weighted by atomic mass is 9.77. The number of rotatable bonds is 5. The smallest absolute Gasteiger partial charge is 0.271 e. The van der Waals surface area contributed by atoms with Gasteiger partial charge in [-0.3, -0.25) is 4.79 Å². The second-order valence-electron chi connectivity index (χ2n) is 7.76. The van der Waals surface area contributed by atoms with Gasteiger partial charge in [0.15, 0.2) is 5.16 Å². The number of amides is 1. The van der Waals surface area contributed by atoms with Crippen molar-refractivity contribution in [1.82, 2.24) is 20.2 Å². The SMILES string of the molecule is CC1=CC(=NNC(=O)c2ccc(CSc3nncn3C)cc2)CC(C)(C)C1. The zero-order valence-corrected chi connectivity index (χ0v) is 17.0. The quantitative estimate of drug-likeness (QED) is 0.627. The first-order valence-corrected chi connectivity index (χ1v) is 9.91. The van der Waals surface area contributed by atoms with Crippen molar-refractivity contribution in [2.24, 2.45) is 17.6 Å². The Balaban J connectivity index is 1.58. The van der Waals surface area contributed by atoms with Gasteiger partial charge in [0, 0.05) is 18.4 Å². The van der Waals surface area contributed by atoms with Crippen molar-refractivity contribution in [3.63, 3.8) is 0 Å². The van der Waals surface area contributed by atoms with Gasteiger partial charge in [0.2, 0.25) is 0 Å². The van der Waals surface area contributed by atoms with Crippen molar-refractivity contribution in [2.45, 2.75) is 44.5 Å². The van der Waals surface area contributed by atoms with Gasteiger partial charge in [-0.2, -0.15) is 5.10 Å². The Labute approximate surface area is 164 Å². The fourth-order valence-electron chi connectivity index (χ4n) is 3.26. The summed E-state index contributed by atoms with van der Waals surface area (Å²) in [4.78, 5) is 12.4. The predicted octanol–water partition coefficient (Wildman–Crippen LogP) is 3.96. The van der Waals surface area contributed by atoms with E-state index in [4.69, 9.17) is 0 Å². The summed E-state index contributed by atoms with van der Waals surface area (Å²) < 4.78 is 1.88. The van der Waals surface area contributed by atoms with Gasteiger partial charge >= 0.3 is 0 Å². The summed E-state index contributed by atoms with van der Waals surface area (Å²) in [6.07, 6.45) is 5.68. The molecular formula is C20H25N5OS. The first kappa shape index (κ1) is 19.4. The molecule has 0 aliphatic heterocycles. The van der Waals surface area contributed by atoms with Crippen LogP contribution >= 0.6 is 11.8 Å². The maximum absolute atomic E-state index is 12.4. The third-order valence-electron chi connectivity index (χ3n) is 4.39. The molecule has 142 valence electrons. The molecule has 1 aromatic heterocycles.